The van der Waals surface area contributed by atoms with Crippen LogP contribution in [0.2, 0.25) is 0 Å². The number of hydrogen-bond donors (Lipinski definition) is 1. The van der Waals surface area contributed by atoms with Gasteiger partial charge in [0.05, 0.1) is 12.0 Å². The molecule has 2 aliphatic heterocycles. The smallest absolute Gasteiger partial charge is 0.247 e. The third kappa shape index (κ3) is 1.25. The van der Waals surface area contributed by atoms with Gasteiger partial charge in [-0.3, -0.25) is 9.79 Å². The van der Waals surface area contributed by atoms with Crippen molar-refractivity contribution in [1.29, 1.82) is 0 Å². The van der Waals surface area contributed by atoms with Crippen molar-refractivity contribution in [3.05, 3.63) is 29.7 Å². The lowest BCUT2D eigenvalue weighted by molar-refractivity contribution is -0.117. The van der Waals surface area contributed by atoms with Crippen LogP contribution in [0.3, 0.4) is 0 Å². The van der Waals surface area contributed by atoms with E-state index in [1.165, 1.54) is 23.5 Å². The Kier molecular flexibility index (Phi) is 1.48. The number of thioether (sulfide) groups is 2. The molecule has 1 aromatic carbocycles. The van der Waals surface area contributed by atoms with Gasteiger partial charge in [-0.05, 0) is 12.3 Å². The standard InChI is InChI=1S/C11H10N2OS2/c1-15-10-12-6-11(16-10)7-4-2-3-5-8(7)13-9(11)14/h2-5H,6H2,1H3,(H,13,14)/i2D,3D,4D,5D. The fourth-order valence-corrected chi connectivity index (χ4v) is 3.69. The Labute approximate surface area is 108 Å². The number of aliphatic imine (C=N–C) groups is 1. The Bertz CT molecular complexity index is 679. The topological polar surface area (TPSA) is 41.5 Å². The second-order valence-corrected chi connectivity index (χ2v) is 5.76. The van der Waals surface area contributed by atoms with Crippen LogP contribution in [0.25, 0.3) is 0 Å². The van der Waals surface area contributed by atoms with Crippen molar-refractivity contribution >= 4 is 39.5 Å². The van der Waals surface area contributed by atoms with Crippen LogP contribution in [0.5, 0.6) is 0 Å². The van der Waals surface area contributed by atoms with Crippen LogP contribution < -0.4 is 5.32 Å². The van der Waals surface area contributed by atoms with E-state index in [2.05, 4.69) is 10.3 Å². The maximum atomic E-state index is 12.3. The van der Waals surface area contributed by atoms with Crippen LogP contribution in [-0.4, -0.2) is 23.1 Å². The molecule has 1 unspecified atom stereocenters. The third-order valence-corrected chi connectivity index (χ3v) is 4.96. The maximum Gasteiger partial charge on any atom is 0.247 e. The van der Waals surface area contributed by atoms with Crippen LogP contribution in [0.1, 0.15) is 11.0 Å². The minimum Gasteiger partial charge on any atom is -0.324 e. The Morgan fingerprint density at radius 2 is 2.44 bits per heavy atom. The van der Waals surface area contributed by atoms with E-state index < -0.39 is 4.75 Å². The molecule has 0 fully saturated rings. The minimum atomic E-state index is -1.05. The van der Waals surface area contributed by atoms with Gasteiger partial charge in [-0.15, -0.1) is 11.8 Å². The molecule has 1 spiro atoms. The molecule has 5 heteroatoms. The number of anilines is 1. The highest BCUT2D eigenvalue weighted by Gasteiger charge is 2.50. The zero-order valence-corrected chi connectivity index (χ0v) is 10.0. The van der Waals surface area contributed by atoms with Crippen LogP contribution in [0.15, 0.2) is 29.2 Å². The van der Waals surface area contributed by atoms with Crippen molar-refractivity contribution in [2.45, 2.75) is 4.75 Å². The van der Waals surface area contributed by atoms with Crippen molar-refractivity contribution in [3.8, 4) is 0 Å². The molecule has 1 amide bonds. The van der Waals surface area contributed by atoms with E-state index in [1.54, 1.807) is 0 Å². The average Bonchev–Trinajstić information content (AvgIpc) is 2.98. The zero-order valence-electron chi connectivity index (χ0n) is 12.4. The second kappa shape index (κ2) is 3.53. The normalized spacial score (nSPS) is 30.3. The Morgan fingerprint density at radius 3 is 3.19 bits per heavy atom. The van der Waals surface area contributed by atoms with Gasteiger partial charge in [0.15, 0.2) is 0 Å². The van der Waals surface area contributed by atoms with E-state index in [9.17, 15) is 4.79 Å². The number of hydrogen-bond acceptors (Lipinski definition) is 4. The monoisotopic (exact) mass is 254 g/mol. The molecule has 82 valence electrons. The van der Waals surface area contributed by atoms with Crippen molar-refractivity contribution in [1.82, 2.24) is 0 Å². The van der Waals surface area contributed by atoms with Gasteiger partial charge in [0.25, 0.3) is 0 Å². The first-order valence-electron chi connectivity index (χ1n) is 6.62. The summed E-state index contributed by atoms with van der Waals surface area (Å²) >= 11 is 2.69. The Hall–Kier alpha value is -0.940. The molecule has 1 aromatic rings. The predicted molar refractivity (Wildman–Crippen MR) is 70.2 cm³/mol. The average molecular weight is 254 g/mol. The largest absolute Gasteiger partial charge is 0.324 e. The SMILES string of the molecule is [2H]c1c([2H])c([2H])c2c(c1[2H])NC(=O)C21CN=C(SC)S1. The molecule has 16 heavy (non-hydrogen) atoms. The molecular formula is C11H10N2OS2. The van der Waals surface area contributed by atoms with Gasteiger partial charge in [-0.25, -0.2) is 0 Å². The minimum absolute atomic E-state index is 0.163. The summed E-state index contributed by atoms with van der Waals surface area (Å²) in [5, 5.41) is 2.60. The lowest BCUT2D eigenvalue weighted by Crippen LogP contribution is -2.31. The first-order chi connectivity index (χ1) is 9.42. The fraction of sp³-hybridized carbons (Fsp3) is 0.273. The van der Waals surface area contributed by atoms with Crippen molar-refractivity contribution in [3.63, 3.8) is 0 Å². The highest BCUT2D eigenvalue weighted by atomic mass is 32.2. The Balaban J connectivity index is 2.24. The van der Waals surface area contributed by atoms with E-state index in [1.807, 2.05) is 6.26 Å². The lowest BCUT2D eigenvalue weighted by Gasteiger charge is -2.18. The highest BCUT2D eigenvalue weighted by Crippen LogP contribution is 2.50. The summed E-state index contributed by atoms with van der Waals surface area (Å²) in [6.07, 6.45) is 1.86. The van der Waals surface area contributed by atoms with Crippen LogP contribution in [-0.2, 0) is 9.54 Å². The first kappa shape index (κ1) is 6.71. The summed E-state index contributed by atoms with van der Waals surface area (Å²) < 4.78 is 31.1. The summed E-state index contributed by atoms with van der Waals surface area (Å²) in [6, 6.07) is -1.02. The van der Waals surface area contributed by atoms with Gasteiger partial charge in [-0.1, -0.05) is 29.9 Å². The van der Waals surface area contributed by atoms with E-state index in [-0.39, 0.29) is 42.3 Å². The van der Waals surface area contributed by atoms with Crippen molar-refractivity contribution < 1.29 is 10.3 Å². The van der Waals surface area contributed by atoms with Gasteiger partial charge in [-0.2, -0.15) is 0 Å². The second-order valence-electron chi connectivity index (χ2n) is 3.42. The molecule has 0 saturated carbocycles. The van der Waals surface area contributed by atoms with Gasteiger partial charge in [0, 0.05) is 11.3 Å². The number of nitrogens with zero attached hydrogens (tertiary/aromatic N) is 1. The van der Waals surface area contributed by atoms with Crippen molar-refractivity contribution in [2.75, 3.05) is 18.1 Å². The fourth-order valence-electron chi connectivity index (χ4n) is 1.78. The Morgan fingerprint density at radius 1 is 1.62 bits per heavy atom. The number of carbonyl (C=O) groups is 1. The summed E-state index contributed by atoms with van der Waals surface area (Å²) in [7, 11) is 0. The number of fused-ring (bicyclic) bond motifs is 2. The van der Waals surface area contributed by atoms with E-state index in [4.69, 9.17) is 5.48 Å². The molecular weight excluding hydrogens is 240 g/mol. The van der Waals surface area contributed by atoms with Gasteiger partial charge in [0.1, 0.15) is 9.12 Å². The molecule has 1 atom stereocenters. The molecule has 2 aliphatic rings. The molecule has 1 N–H and O–H groups in total. The highest BCUT2D eigenvalue weighted by molar-refractivity contribution is 8.39. The quantitative estimate of drug-likeness (QED) is 0.772. The molecule has 0 radical (unpaired) electrons. The number of benzene rings is 1. The van der Waals surface area contributed by atoms with Crippen LogP contribution >= 0.6 is 23.5 Å². The summed E-state index contributed by atoms with van der Waals surface area (Å²) in [6.45, 7) is 0.203. The van der Waals surface area contributed by atoms with E-state index >= 15 is 0 Å². The molecule has 0 aromatic heterocycles. The van der Waals surface area contributed by atoms with E-state index in [0.29, 0.717) is 5.56 Å². The number of rotatable bonds is 0. The predicted octanol–water partition coefficient (Wildman–Crippen LogP) is 2.30. The van der Waals surface area contributed by atoms with Crippen molar-refractivity contribution in [2.24, 2.45) is 4.99 Å². The van der Waals surface area contributed by atoms with Gasteiger partial charge in [0.2, 0.25) is 5.91 Å². The maximum absolute atomic E-state index is 12.3. The molecule has 0 aliphatic carbocycles. The number of carbonyl (C=O) groups excluding carboxylic acids is 1. The molecule has 0 saturated heterocycles. The third-order valence-electron chi connectivity index (χ3n) is 2.56. The summed E-state index contributed by atoms with van der Waals surface area (Å²) in [5.41, 5.74) is 0.511. The number of nitrogens with one attached hydrogen (secondary N) is 1. The van der Waals surface area contributed by atoms with Gasteiger partial charge >= 0.3 is 0 Å². The summed E-state index contributed by atoms with van der Waals surface area (Å²) in [4.78, 5) is 16.6. The van der Waals surface area contributed by atoms with E-state index in [0.717, 1.165) is 4.38 Å². The zero-order chi connectivity index (χ0) is 14.7. The molecule has 2 heterocycles. The molecule has 3 nitrogen and oxygen atoms in total. The molecule has 0 bridgehead atoms. The summed E-state index contributed by atoms with van der Waals surface area (Å²) in [5.74, 6) is -0.322. The van der Waals surface area contributed by atoms with Crippen LogP contribution in [0.4, 0.5) is 5.69 Å². The van der Waals surface area contributed by atoms with Gasteiger partial charge < -0.3 is 5.32 Å². The number of amides is 1. The molecule has 3 rings (SSSR count). The lowest BCUT2D eigenvalue weighted by atomic mass is 10.00. The van der Waals surface area contributed by atoms with Crippen LogP contribution in [0, 0.1) is 0 Å². The number of para-hydroxylation sites is 1. The first-order valence-corrected chi connectivity index (χ1v) is 6.66.